The van der Waals surface area contributed by atoms with E-state index in [-0.39, 0.29) is 5.97 Å². The highest BCUT2D eigenvalue weighted by atomic mass is 16.5. The summed E-state index contributed by atoms with van der Waals surface area (Å²) in [5.74, 6) is 1.33. The lowest BCUT2D eigenvalue weighted by Gasteiger charge is -2.30. The molecule has 0 aromatic heterocycles. The molecule has 1 heterocycles. The third-order valence-electron chi connectivity index (χ3n) is 4.15. The molecular weight excluding hydrogens is 278 g/mol. The normalized spacial score (nSPS) is 18.9. The number of hydrogen-bond acceptors (Lipinski definition) is 4. The highest BCUT2D eigenvalue weighted by molar-refractivity contribution is 5.89. The van der Waals surface area contributed by atoms with E-state index in [4.69, 9.17) is 4.74 Å². The van der Waals surface area contributed by atoms with Crippen molar-refractivity contribution in [3.05, 3.63) is 29.8 Å². The van der Waals surface area contributed by atoms with Gasteiger partial charge < -0.3 is 14.4 Å². The van der Waals surface area contributed by atoms with Crippen LogP contribution in [0, 0.1) is 5.92 Å². The van der Waals surface area contributed by atoms with Gasteiger partial charge in [0.25, 0.3) is 0 Å². The molecule has 1 aliphatic heterocycles. The fourth-order valence-corrected chi connectivity index (χ4v) is 2.92. The molecule has 0 spiro atoms. The highest BCUT2D eigenvalue weighted by Crippen LogP contribution is 2.16. The molecule has 4 heteroatoms. The fourth-order valence-electron chi connectivity index (χ4n) is 2.92. The Kier molecular flexibility index (Phi) is 6.72. The van der Waals surface area contributed by atoms with E-state index in [1.54, 1.807) is 12.1 Å². The molecule has 0 saturated carbocycles. The SMILES string of the molecule is COC(=O)c1ccc(OCCCCN2CCC[C@@H](C)C2)cc1. The van der Waals surface area contributed by atoms with Crippen molar-refractivity contribution in [3.63, 3.8) is 0 Å². The number of piperidine rings is 1. The second kappa shape index (κ2) is 8.79. The van der Waals surface area contributed by atoms with E-state index in [1.807, 2.05) is 12.1 Å². The number of hydrogen-bond donors (Lipinski definition) is 0. The zero-order chi connectivity index (χ0) is 15.8. The number of unbranched alkanes of at least 4 members (excludes halogenated alkanes) is 1. The zero-order valence-electron chi connectivity index (χ0n) is 13.7. The summed E-state index contributed by atoms with van der Waals surface area (Å²) >= 11 is 0. The molecule has 2 rings (SSSR count). The number of rotatable bonds is 7. The van der Waals surface area contributed by atoms with Crippen molar-refractivity contribution >= 4 is 5.97 Å². The summed E-state index contributed by atoms with van der Waals surface area (Å²) in [5, 5.41) is 0. The van der Waals surface area contributed by atoms with Gasteiger partial charge >= 0.3 is 5.97 Å². The maximum atomic E-state index is 11.3. The Morgan fingerprint density at radius 3 is 2.73 bits per heavy atom. The molecule has 1 saturated heterocycles. The van der Waals surface area contributed by atoms with Crippen LogP contribution in [0.1, 0.15) is 43.0 Å². The molecule has 0 N–H and O–H groups in total. The van der Waals surface area contributed by atoms with Gasteiger partial charge in [-0.05, 0) is 69.0 Å². The molecule has 1 fully saturated rings. The zero-order valence-corrected chi connectivity index (χ0v) is 13.7. The lowest BCUT2D eigenvalue weighted by molar-refractivity contribution is 0.0600. The minimum absolute atomic E-state index is 0.317. The van der Waals surface area contributed by atoms with Crippen LogP contribution in [0.25, 0.3) is 0 Å². The fraction of sp³-hybridized carbons (Fsp3) is 0.611. The molecule has 0 radical (unpaired) electrons. The summed E-state index contributed by atoms with van der Waals surface area (Å²) in [7, 11) is 1.38. The van der Waals surface area contributed by atoms with Crippen LogP contribution in [0.5, 0.6) is 5.75 Å². The standard InChI is InChI=1S/C18H27NO3/c1-15-6-5-12-19(14-15)11-3-4-13-22-17-9-7-16(8-10-17)18(20)21-2/h7-10,15H,3-6,11-14H2,1-2H3/t15-/m1/s1. The Labute approximate surface area is 133 Å². The largest absolute Gasteiger partial charge is 0.494 e. The molecule has 122 valence electrons. The van der Waals surface area contributed by atoms with E-state index in [1.165, 1.54) is 46.0 Å². The molecule has 1 aromatic carbocycles. The van der Waals surface area contributed by atoms with E-state index in [9.17, 15) is 4.79 Å². The molecule has 22 heavy (non-hydrogen) atoms. The Morgan fingerprint density at radius 2 is 2.05 bits per heavy atom. The predicted molar refractivity (Wildman–Crippen MR) is 87.3 cm³/mol. The van der Waals surface area contributed by atoms with Crippen molar-refractivity contribution in [2.45, 2.75) is 32.6 Å². The monoisotopic (exact) mass is 305 g/mol. The van der Waals surface area contributed by atoms with Gasteiger partial charge in [-0.1, -0.05) is 6.92 Å². The van der Waals surface area contributed by atoms with Gasteiger partial charge in [-0.3, -0.25) is 0 Å². The number of benzene rings is 1. The quantitative estimate of drug-likeness (QED) is 0.572. The first kappa shape index (κ1) is 16.8. The molecule has 0 amide bonds. The molecule has 1 aromatic rings. The minimum atomic E-state index is -0.317. The van der Waals surface area contributed by atoms with E-state index in [2.05, 4.69) is 16.6 Å². The van der Waals surface area contributed by atoms with Crippen molar-refractivity contribution in [2.75, 3.05) is 33.4 Å². The number of esters is 1. The van der Waals surface area contributed by atoms with Crippen molar-refractivity contribution < 1.29 is 14.3 Å². The van der Waals surface area contributed by atoms with Crippen LogP contribution >= 0.6 is 0 Å². The van der Waals surface area contributed by atoms with Crippen molar-refractivity contribution in [1.82, 2.24) is 4.90 Å². The van der Waals surface area contributed by atoms with Gasteiger partial charge in [0.1, 0.15) is 5.75 Å². The van der Waals surface area contributed by atoms with Gasteiger partial charge in [0.15, 0.2) is 0 Å². The smallest absolute Gasteiger partial charge is 0.337 e. The maximum absolute atomic E-state index is 11.3. The minimum Gasteiger partial charge on any atom is -0.494 e. The Hall–Kier alpha value is -1.55. The van der Waals surface area contributed by atoms with Crippen molar-refractivity contribution in [1.29, 1.82) is 0 Å². The first-order valence-corrected chi connectivity index (χ1v) is 8.22. The van der Waals surface area contributed by atoms with E-state index >= 15 is 0 Å². The maximum Gasteiger partial charge on any atom is 0.337 e. The van der Waals surface area contributed by atoms with Crippen LogP contribution in [-0.2, 0) is 4.74 Å². The van der Waals surface area contributed by atoms with Crippen LogP contribution in [0.2, 0.25) is 0 Å². The van der Waals surface area contributed by atoms with Gasteiger partial charge in [-0.15, -0.1) is 0 Å². The van der Waals surface area contributed by atoms with E-state index in [0.717, 1.165) is 24.7 Å². The summed E-state index contributed by atoms with van der Waals surface area (Å²) in [6.45, 7) is 6.74. The average molecular weight is 305 g/mol. The second-order valence-corrected chi connectivity index (χ2v) is 6.12. The Bertz CT molecular complexity index is 458. The summed E-state index contributed by atoms with van der Waals surface area (Å²) in [4.78, 5) is 13.9. The second-order valence-electron chi connectivity index (χ2n) is 6.12. The van der Waals surface area contributed by atoms with Gasteiger partial charge in [0.05, 0.1) is 19.3 Å². The topological polar surface area (TPSA) is 38.8 Å². The lowest BCUT2D eigenvalue weighted by Crippen LogP contribution is -2.35. The average Bonchev–Trinajstić information content (AvgIpc) is 2.54. The van der Waals surface area contributed by atoms with Gasteiger partial charge in [-0.25, -0.2) is 4.79 Å². The highest BCUT2D eigenvalue weighted by Gasteiger charge is 2.15. The molecule has 0 unspecified atom stereocenters. The summed E-state index contributed by atoms with van der Waals surface area (Å²) in [5.41, 5.74) is 0.550. The number of likely N-dealkylation sites (tertiary alicyclic amines) is 1. The Balaban J connectivity index is 1.61. The third kappa shape index (κ3) is 5.34. The predicted octanol–water partition coefficient (Wildman–Crippen LogP) is 3.36. The summed E-state index contributed by atoms with van der Waals surface area (Å²) in [6.07, 6.45) is 4.95. The van der Waals surface area contributed by atoms with Crippen LogP contribution in [-0.4, -0.2) is 44.2 Å². The summed E-state index contributed by atoms with van der Waals surface area (Å²) in [6, 6.07) is 7.10. The van der Waals surface area contributed by atoms with Gasteiger partial charge in [0, 0.05) is 6.54 Å². The first-order valence-electron chi connectivity index (χ1n) is 8.22. The molecule has 4 nitrogen and oxygen atoms in total. The number of nitrogens with zero attached hydrogens (tertiary/aromatic N) is 1. The van der Waals surface area contributed by atoms with Crippen molar-refractivity contribution in [3.8, 4) is 5.75 Å². The Morgan fingerprint density at radius 1 is 1.27 bits per heavy atom. The van der Waals surface area contributed by atoms with Crippen molar-refractivity contribution in [2.24, 2.45) is 5.92 Å². The van der Waals surface area contributed by atoms with Crippen LogP contribution in [0.3, 0.4) is 0 Å². The summed E-state index contributed by atoms with van der Waals surface area (Å²) < 4.78 is 10.4. The third-order valence-corrected chi connectivity index (χ3v) is 4.15. The number of carbonyl (C=O) groups is 1. The van der Waals surface area contributed by atoms with Gasteiger partial charge in [-0.2, -0.15) is 0 Å². The lowest BCUT2D eigenvalue weighted by atomic mass is 10.0. The number of carbonyl (C=O) groups excluding carboxylic acids is 1. The first-order chi connectivity index (χ1) is 10.7. The van der Waals surface area contributed by atoms with Crippen LogP contribution in [0.15, 0.2) is 24.3 Å². The number of ether oxygens (including phenoxy) is 2. The van der Waals surface area contributed by atoms with Crippen LogP contribution < -0.4 is 4.74 Å². The number of methoxy groups -OCH3 is 1. The van der Waals surface area contributed by atoms with Crippen LogP contribution in [0.4, 0.5) is 0 Å². The van der Waals surface area contributed by atoms with E-state index in [0.29, 0.717) is 5.56 Å². The molecule has 1 aliphatic rings. The van der Waals surface area contributed by atoms with Gasteiger partial charge in [0.2, 0.25) is 0 Å². The molecular formula is C18H27NO3. The molecule has 1 atom stereocenters. The van der Waals surface area contributed by atoms with E-state index < -0.39 is 0 Å². The molecule has 0 aliphatic carbocycles. The molecule has 0 bridgehead atoms.